The van der Waals surface area contributed by atoms with E-state index in [1.165, 1.54) is 32.1 Å². The first-order valence-corrected chi connectivity index (χ1v) is 5.15. The van der Waals surface area contributed by atoms with Crippen LogP contribution in [0.4, 0.5) is 0 Å². The summed E-state index contributed by atoms with van der Waals surface area (Å²) in [6.07, 6.45) is 6.74. The van der Waals surface area contributed by atoms with Crippen molar-refractivity contribution in [1.82, 2.24) is 0 Å². The Balaban J connectivity index is 2.04. The van der Waals surface area contributed by atoms with Crippen molar-refractivity contribution in [2.24, 2.45) is 11.7 Å². The van der Waals surface area contributed by atoms with Gasteiger partial charge >= 0.3 is 0 Å². The summed E-state index contributed by atoms with van der Waals surface area (Å²) in [6, 6.07) is 0. The molecule has 2 fully saturated rings. The maximum atomic E-state index is 6.05. The molecular formula is C10H19NO. The highest BCUT2D eigenvalue weighted by atomic mass is 16.5. The van der Waals surface area contributed by atoms with Crippen molar-refractivity contribution in [3.8, 4) is 0 Å². The summed E-state index contributed by atoms with van der Waals surface area (Å²) >= 11 is 0. The van der Waals surface area contributed by atoms with Crippen LogP contribution in [-0.2, 0) is 4.74 Å². The second-order valence-electron chi connectivity index (χ2n) is 4.37. The molecule has 2 N–H and O–H groups in total. The Morgan fingerprint density at radius 2 is 2.25 bits per heavy atom. The van der Waals surface area contributed by atoms with Crippen LogP contribution >= 0.6 is 0 Å². The monoisotopic (exact) mass is 169 g/mol. The van der Waals surface area contributed by atoms with Crippen molar-refractivity contribution in [1.29, 1.82) is 0 Å². The van der Waals surface area contributed by atoms with Crippen molar-refractivity contribution in [3.05, 3.63) is 0 Å². The molecule has 3 atom stereocenters. The molecule has 0 aromatic heterocycles. The average molecular weight is 169 g/mol. The quantitative estimate of drug-likeness (QED) is 0.648. The molecule has 0 radical (unpaired) electrons. The highest BCUT2D eigenvalue weighted by Crippen LogP contribution is 2.46. The fourth-order valence-electron chi connectivity index (χ4n) is 2.78. The molecule has 2 rings (SSSR count). The first kappa shape index (κ1) is 8.52. The Bertz CT molecular complexity index is 171. The molecule has 0 unspecified atom stereocenters. The van der Waals surface area contributed by atoms with Crippen LogP contribution in [0, 0.1) is 5.92 Å². The minimum atomic E-state index is 0.240. The predicted molar refractivity (Wildman–Crippen MR) is 48.9 cm³/mol. The Labute approximate surface area is 74.5 Å². The van der Waals surface area contributed by atoms with E-state index in [1.54, 1.807) is 0 Å². The van der Waals surface area contributed by atoms with Gasteiger partial charge in [0.2, 0.25) is 0 Å². The zero-order valence-electron chi connectivity index (χ0n) is 7.88. The lowest BCUT2D eigenvalue weighted by molar-refractivity contribution is -0.0580. The molecule has 2 aliphatic rings. The fourth-order valence-corrected chi connectivity index (χ4v) is 2.78. The van der Waals surface area contributed by atoms with Gasteiger partial charge < -0.3 is 10.5 Å². The lowest BCUT2D eigenvalue weighted by Gasteiger charge is -2.29. The van der Waals surface area contributed by atoms with E-state index in [0.717, 1.165) is 5.92 Å². The summed E-state index contributed by atoms with van der Waals surface area (Å²) in [5, 5.41) is 0. The third kappa shape index (κ3) is 1.17. The topological polar surface area (TPSA) is 35.2 Å². The third-order valence-electron chi connectivity index (χ3n) is 3.69. The van der Waals surface area contributed by atoms with Gasteiger partial charge in [-0.25, -0.2) is 0 Å². The lowest BCUT2D eigenvalue weighted by Crippen LogP contribution is -2.33. The minimum Gasteiger partial charge on any atom is -0.370 e. The summed E-state index contributed by atoms with van der Waals surface area (Å²) in [4.78, 5) is 0. The van der Waals surface area contributed by atoms with Gasteiger partial charge in [-0.2, -0.15) is 0 Å². The van der Waals surface area contributed by atoms with Gasteiger partial charge in [-0.3, -0.25) is 0 Å². The molecule has 1 saturated carbocycles. The SMILES string of the molecule is C[C@@H]1CCC[C@]12CC[C@@H](CN)O2. The van der Waals surface area contributed by atoms with Crippen LogP contribution in [0.5, 0.6) is 0 Å². The van der Waals surface area contributed by atoms with Gasteiger partial charge in [0.1, 0.15) is 0 Å². The van der Waals surface area contributed by atoms with E-state index in [-0.39, 0.29) is 5.60 Å². The molecule has 1 saturated heterocycles. The van der Waals surface area contributed by atoms with E-state index in [1.807, 2.05) is 0 Å². The van der Waals surface area contributed by atoms with Gasteiger partial charge in [-0.1, -0.05) is 13.3 Å². The maximum Gasteiger partial charge on any atom is 0.0713 e. The second kappa shape index (κ2) is 3.00. The van der Waals surface area contributed by atoms with E-state index < -0.39 is 0 Å². The van der Waals surface area contributed by atoms with E-state index >= 15 is 0 Å². The molecule has 1 aliphatic carbocycles. The Morgan fingerprint density at radius 3 is 2.75 bits per heavy atom. The molecule has 12 heavy (non-hydrogen) atoms. The number of nitrogens with two attached hydrogens (primary N) is 1. The molecule has 0 aromatic rings. The summed E-state index contributed by atoms with van der Waals surface area (Å²) in [7, 11) is 0. The average Bonchev–Trinajstić information content (AvgIpc) is 2.63. The van der Waals surface area contributed by atoms with E-state index in [9.17, 15) is 0 Å². The summed E-state index contributed by atoms with van der Waals surface area (Å²) < 4.78 is 6.05. The minimum absolute atomic E-state index is 0.240. The van der Waals surface area contributed by atoms with Gasteiger partial charge in [-0.15, -0.1) is 0 Å². The molecule has 2 heteroatoms. The molecule has 0 aromatic carbocycles. The molecule has 2 nitrogen and oxygen atoms in total. The first-order chi connectivity index (χ1) is 5.77. The highest BCUT2D eigenvalue weighted by Gasteiger charge is 2.46. The Kier molecular flexibility index (Phi) is 2.13. The number of ether oxygens (including phenoxy) is 1. The van der Waals surface area contributed by atoms with Crippen LogP contribution in [0.2, 0.25) is 0 Å². The summed E-state index contributed by atoms with van der Waals surface area (Å²) in [6.45, 7) is 3.03. The van der Waals surface area contributed by atoms with E-state index in [4.69, 9.17) is 10.5 Å². The summed E-state index contributed by atoms with van der Waals surface area (Å²) in [5.41, 5.74) is 5.85. The van der Waals surface area contributed by atoms with E-state index in [0.29, 0.717) is 12.6 Å². The number of hydrogen-bond acceptors (Lipinski definition) is 2. The van der Waals surface area contributed by atoms with E-state index in [2.05, 4.69) is 6.92 Å². The van der Waals surface area contributed by atoms with Crippen LogP contribution in [0.25, 0.3) is 0 Å². The normalized spacial score (nSPS) is 47.5. The van der Waals surface area contributed by atoms with Crippen LogP contribution in [0.1, 0.15) is 39.0 Å². The standard InChI is InChI=1S/C10H19NO/c1-8-3-2-5-10(8)6-4-9(7-11)12-10/h8-9H,2-7,11H2,1H3/t8-,9+,10+/m1/s1. The van der Waals surface area contributed by atoms with Gasteiger partial charge in [0.05, 0.1) is 11.7 Å². The number of hydrogen-bond donors (Lipinski definition) is 1. The molecule has 1 spiro atoms. The predicted octanol–water partition coefficient (Wildman–Crippen LogP) is 1.68. The van der Waals surface area contributed by atoms with Crippen molar-refractivity contribution in [2.75, 3.05) is 6.54 Å². The first-order valence-electron chi connectivity index (χ1n) is 5.15. The van der Waals surface area contributed by atoms with Crippen molar-refractivity contribution in [2.45, 2.75) is 50.7 Å². The molecular weight excluding hydrogens is 150 g/mol. The number of rotatable bonds is 1. The Hall–Kier alpha value is -0.0800. The summed E-state index contributed by atoms with van der Waals surface area (Å²) in [5.74, 6) is 0.758. The van der Waals surface area contributed by atoms with Crippen molar-refractivity contribution in [3.63, 3.8) is 0 Å². The lowest BCUT2D eigenvalue weighted by atomic mass is 9.89. The van der Waals surface area contributed by atoms with Crippen LogP contribution in [0.15, 0.2) is 0 Å². The van der Waals surface area contributed by atoms with Gasteiger partial charge in [0.15, 0.2) is 0 Å². The van der Waals surface area contributed by atoms with Crippen molar-refractivity contribution >= 4 is 0 Å². The highest BCUT2D eigenvalue weighted by molar-refractivity contribution is 4.97. The maximum absolute atomic E-state index is 6.05. The van der Waals surface area contributed by atoms with Gasteiger partial charge in [-0.05, 0) is 31.6 Å². The molecule has 1 heterocycles. The van der Waals surface area contributed by atoms with Crippen LogP contribution < -0.4 is 5.73 Å². The molecule has 70 valence electrons. The molecule has 0 bridgehead atoms. The van der Waals surface area contributed by atoms with Crippen molar-refractivity contribution < 1.29 is 4.74 Å². The molecule has 0 amide bonds. The zero-order valence-corrected chi connectivity index (χ0v) is 7.88. The molecule has 1 aliphatic heterocycles. The van der Waals surface area contributed by atoms with Gasteiger partial charge in [0, 0.05) is 6.54 Å². The van der Waals surface area contributed by atoms with Crippen LogP contribution in [0.3, 0.4) is 0 Å². The van der Waals surface area contributed by atoms with Gasteiger partial charge in [0.25, 0.3) is 0 Å². The largest absolute Gasteiger partial charge is 0.370 e. The zero-order chi connectivity index (χ0) is 8.60. The third-order valence-corrected chi connectivity index (χ3v) is 3.69. The Morgan fingerprint density at radius 1 is 1.42 bits per heavy atom. The smallest absolute Gasteiger partial charge is 0.0713 e. The fraction of sp³-hybridized carbons (Fsp3) is 1.00. The van der Waals surface area contributed by atoms with Crippen LogP contribution in [-0.4, -0.2) is 18.2 Å². The second-order valence-corrected chi connectivity index (χ2v) is 4.37.